The first-order chi connectivity index (χ1) is 14.6. The molecule has 3 rings (SSSR count). The third kappa shape index (κ3) is 6.56. The molecule has 0 aliphatic carbocycles. The lowest BCUT2D eigenvalue weighted by Crippen LogP contribution is -2.35. The van der Waals surface area contributed by atoms with Gasteiger partial charge in [0.15, 0.2) is 0 Å². The van der Waals surface area contributed by atoms with Gasteiger partial charge in [0, 0.05) is 4.47 Å². The van der Waals surface area contributed by atoms with Crippen LogP contribution in [0.15, 0.2) is 88.4 Å². The first-order valence-corrected chi connectivity index (χ1v) is 10.0. The monoisotopic (exact) mass is 465 g/mol. The number of hydrogen-bond acceptors (Lipinski definition) is 4. The SMILES string of the molecule is O=C(CNC(=O)c1ccccc1Br)NN=Cc1ccc(OCc2ccccc2)cc1. The Morgan fingerprint density at radius 2 is 1.63 bits per heavy atom. The van der Waals surface area contributed by atoms with E-state index >= 15 is 0 Å². The van der Waals surface area contributed by atoms with Crippen LogP contribution in [-0.2, 0) is 11.4 Å². The van der Waals surface area contributed by atoms with Gasteiger partial charge in [-0.15, -0.1) is 0 Å². The van der Waals surface area contributed by atoms with Crippen LogP contribution in [0.4, 0.5) is 0 Å². The Morgan fingerprint density at radius 1 is 0.933 bits per heavy atom. The number of hydrogen-bond donors (Lipinski definition) is 2. The van der Waals surface area contributed by atoms with Crippen molar-refractivity contribution in [1.82, 2.24) is 10.7 Å². The van der Waals surface area contributed by atoms with Gasteiger partial charge in [-0.25, -0.2) is 5.43 Å². The lowest BCUT2D eigenvalue weighted by atomic mass is 10.2. The third-order valence-corrected chi connectivity index (χ3v) is 4.75. The molecule has 3 aromatic carbocycles. The summed E-state index contributed by atoms with van der Waals surface area (Å²) in [4.78, 5) is 23.9. The van der Waals surface area contributed by atoms with Gasteiger partial charge >= 0.3 is 0 Å². The summed E-state index contributed by atoms with van der Waals surface area (Å²) in [6.07, 6.45) is 1.52. The Bertz CT molecular complexity index is 1020. The van der Waals surface area contributed by atoms with E-state index in [1.807, 2.05) is 60.7 Å². The van der Waals surface area contributed by atoms with Gasteiger partial charge in [-0.3, -0.25) is 9.59 Å². The van der Waals surface area contributed by atoms with Crippen molar-refractivity contribution in [1.29, 1.82) is 0 Å². The minimum Gasteiger partial charge on any atom is -0.489 e. The molecule has 0 aliphatic rings. The molecule has 0 aliphatic heterocycles. The number of nitrogens with zero attached hydrogens (tertiary/aromatic N) is 1. The summed E-state index contributed by atoms with van der Waals surface area (Å²) in [7, 11) is 0. The summed E-state index contributed by atoms with van der Waals surface area (Å²) < 4.78 is 6.40. The van der Waals surface area contributed by atoms with Crippen molar-refractivity contribution in [3.8, 4) is 5.75 Å². The molecule has 0 atom stereocenters. The minimum atomic E-state index is -0.422. The summed E-state index contributed by atoms with van der Waals surface area (Å²) in [6.45, 7) is 0.319. The standard InChI is InChI=1S/C23H20BrN3O3/c24-21-9-5-4-8-20(21)23(29)25-15-22(28)27-26-14-17-10-12-19(13-11-17)30-16-18-6-2-1-3-7-18/h1-14H,15-16H2,(H,25,29)(H,27,28). The van der Waals surface area contributed by atoms with Crippen molar-refractivity contribution >= 4 is 34.0 Å². The predicted molar refractivity (Wildman–Crippen MR) is 119 cm³/mol. The van der Waals surface area contributed by atoms with Gasteiger partial charge in [-0.1, -0.05) is 42.5 Å². The van der Waals surface area contributed by atoms with Crippen LogP contribution in [0.1, 0.15) is 21.5 Å². The molecule has 0 bridgehead atoms. The summed E-state index contributed by atoms with van der Waals surface area (Å²) in [5, 5.41) is 6.46. The molecule has 30 heavy (non-hydrogen) atoms. The molecule has 2 N–H and O–H groups in total. The minimum absolute atomic E-state index is 0.177. The van der Waals surface area contributed by atoms with E-state index in [9.17, 15) is 9.59 Å². The van der Waals surface area contributed by atoms with Crippen molar-refractivity contribution in [2.45, 2.75) is 6.61 Å². The smallest absolute Gasteiger partial charge is 0.259 e. The molecule has 7 heteroatoms. The summed E-state index contributed by atoms with van der Waals surface area (Å²) >= 11 is 3.30. The van der Waals surface area contributed by atoms with Gasteiger partial charge < -0.3 is 10.1 Å². The molecular weight excluding hydrogens is 446 g/mol. The molecule has 0 fully saturated rings. The third-order valence-electron chi connectivity index (χ3n) is 4.06. The van der Waals surface area contributed by atoms with E-state index in [0.29, 0.717) is 16.6 Å². The fraction of sp³-hybridized carbons (Fsp3) is 0.0870. The second-order valence-electron chi connectivity index (χ2n) is 6.30. The number of benzene rings is 3. The van der Waals surface area contributed by atoms with Crippen LogP contribution in [0, 0.1) is 0 Å². The highest BCUT2D eigenvalue weighted by Gasteiger charge is 2.10. The van der Waals surface area contributed by atoms with E-state index in [2.05, 4.69) is 31.8 Å². The normalized spacial score (nSPS) is 10.6. The lowest BCUT2D eigenvalue weighted by Gasteiger charge is -2.06. The molecule has 152 valence electrons. The first kappa shape index (κ1) is 21.3. The van der Waals surface area contributed by atoms with Crippen molar-refractivity contribution < 1.29 is 14.3 Å². The Labute approximate surface area is 183 Å². The molecule has 0 saturated carbocycles. The van der Waals surface area contributed by atoms with Gasteiger partial charge in [-0.2, -0.15) is 5.10 Å². The zero-order chi connectivity index (χ0) is 21.2. The Kier molecular flexibility index (Phi) is 7.74. The van der Waals surface area contributed by atoms with Crippen molar-refractivity contribution in [2.24, 2.45) is 5.10 Å². The van der Waals surface area contributed by atoms with E-state index in [4.69, 9.17) is 4.74 Å². The van der Waals surface area contributed by atoms with Crippen molar-refractivity contribution in [2.75, 3.05) is 6.54 Å². The van der Waals surface area contributed by atoms with Crippen molar-refractivity contribution in [3.63, 3.8) is 0 Å². The summed E-state index contributed by atoms with van der Waals surface area (Å²) in [6, 6.07) is 24.3. The number of amides is 2. The number of nitrogens with one attached hydrogen (secondary N) is 2. The van der Waals surface area contributed by atoms with Crippen LogP contribution in [0.25, 0.3) is 0 Å². The fourth-order valence-electron chi connectivity index (χ4n) is 2.51. The van der Waals surface area contributed by atoms with Gasteiger partial charge in [0.25, 0.3) is 11.8 Å². The zero-order valence-electron chi connectivity index (χ0n) is 16.0. The predicted octanol–water partition coefficient (Wildman–Crippen LogP) is 3.91. The molecule has 3 aromatic rings. The highest BCUT2D eigenvalue weighted by Crippen LogP contribution is 2.15. The van der Waals surface area contributed by atoms with E-state index in [1.54, 1.807) is 18.2 Å². The number of carbonyl (C=O) groups excluding carboxylic acids is 2. The first-order valence-electron chi connectivity index (χ1n) is 9.23. The largest absolute Gasteiger partial charge is 0.489 e. The Hall–Kier alpha value is -3.45. The van der Waals surface area contributed by atoms with E-state index in [-0.39, 0.29) is 12.5 Å². The molecule has 2 amide bonds. The quantitative estimate of drug-likeness (QED) is 0.390. The lowest BCUT2D eigenvalue weighted by molar-refractivity contribution is -0.120. The maximum absolute atomic E-state index is 12.1. The molecule has 0 saturated heterocycles. The Balaban J connectivity index is 1.41. The van der Waals surface area contributed by atoms with Crippen LogP contribution in [0.5, 0.6) is 5.75 Å². The van der Waals surface area contributed by atoms with Gasteiger partial charge in [0.1, 0.15) is 12.4 Å². The average molecular weight is 466 g/mol. The highest BCUT2D eigenvalue weighted by molar-refractivity contribution is 9.10. The summed E-state index contributed by atoms with van der Waals surface area (Å²) in [5.41, 5.74) is 4.75. The van der Waals surface area contributed by atoms with Crippen LogP contribution in [0.2, 0.25) is 0 Å². The molecule has 0 heterocycles. The van der Waals surface area contributed by atoms with E-state index < -0.39 is 5.91 Å². The fourth-order valence-corrected chi connectivity index (χ4v) is 2.98. The second kappa shape index (κ2) is 10.9. The topological polar surface area (TPSA) is 79.8 Å². The number of hydrazone groups is 1. The highest BCUT2D eigenvalue weighted by atomic mass is 79.9. The Morgan fingerprint density at radius 3 is 2.37 bits per heavy atom. The van der Waals surface area contributed by atoms with Gasteiger partial charge in [-0.05, 0) is 63.5 Å². The molecule has 0 spiro atoms. The second-order valence-corrected chi connectivity index (χ2v) is 7.15. The number of rotatable bonds is 8. The summed E-state index contributed by atoms with van der Waals surface area (Å²) in [5.74, 6) is -0.0167. The number of halogens is 1. The average Bonchev–Trinajstić information content (AvgIpc) is 2.78. The zero-order valence-corrected chi connectivity index (χ0v) is 17.6. The van der Waals surface area contributed by atoms with E-state index in [1.165, 1.54) is 6.21 Å². The van der Waals surface area contributed by atoms with Gasteiger partial charge in [0.2, 0.25) is 0 Å². The molecule has 6 nitrogen and oxygen atoms in total. The van der Waals surface area contributed by atoms with Crippen LogP contribution >= 0.6 is 15.9 Å². The maximum Gasteiger partial charge on any atom is 0.259 e. The number of carbonyl (C=O) groups is 2. The molecule has 0 aromatic heterocycles. The maximum atomic E-state index is 12.1. The van der Waals surface area contributed by atoms with Crippen LogP contribution in [0.3, 0.4) is 0 Å². The van der Waals surface area contributed by atoms with Gasteiger partial charge in [0.05, 0.1) is 18.3 Å². The van der Waals surface area contributed by atoms with Crippen LogP contribution < -0.4 is 15.5 Å². The van der Waals surface area contributed by atoms with Crippen LogP contribution in [-0.4, -0.2) is 24.6 Å². The van der Waals surface area contributed by atoms with Crippen molar-refractivity contribution in [3.05, 3.63) is 100 Å². The molecular formula is C23H20BrN3O3. The molecule has 0 radical (unpaired) electrons. The van der Waals surface area contributed by atoms with E-state index in [0.717, 1.165) is 16.9 Å². The number of ether oxygens (including phenoxy) is 1. The molecule has 0 unspecified atom stereocenters.